The Hall–Kier alpha value is -3.34. The molecule has 0 aliphatic carbocycles. The van der Waals surface area contributed by atoms with Crippen LogP contribution >= 0.6 is 11.6 Å². The molecule has 0 spiro atoms. The zero-order valence-corrected chi connectivity index (χ0v) is 17.3. The molecule has 0 bridgehead atoms. The van der Waals surface area contributed by atoms with Crippen molar-refractivity contribution in [2.24, 2.45) is 0 Å². The van der Waals surface area contributed by atoms with Crippen LogP contribution in [-0.4, -0.2) is 54.0 Å². The van der Waals surface area contributed by atoms with Gasteiger partial charge in [-0.2, -0.15) is 13.2 Å². The van der Waals surface area contributed by atoms with Crippen molar-refractivity contribution in [1.82, 2.24) is 4.90 Å². The third kappa shape index (κ3) is 5.67. The van der Waals surface area contributed by atoms with Gasteiger partial charge >= 0.3 is 12.1 Å². The first kappa shape index (κ1) is 23.3. The lowest BCUT2D eigenvalue weighted by molar-refractivity contribution is -0.384. The molecule has 1 heterocycles. The lowest BCUT2D eigenvalue weighted by Gasteiger charge is -2.37. The van der Waals surface area contributed by atoms with Crippen LogP contribution in [0.4, 0.5) is 30.2 Å². The highest BCUT2D eigenvalue weighted by Crippen LogP contribution is 2.31. The molecule has 3 rings (SSSR count). The number of halogens is 4. The molecule has 0 unspecified atom stereocenters. The number of nitrogens with one attached hydrogen (secondary N) is 1. The molecule has 12 heteroatoms. The fraction of sp³-hybridized carbons (Fsp3) is 0.300. The first-order valence-electron chi connectivity index (χ1n) is 9.48. The minimum Gasteiger partial charge on any atom is -0.366 e. The van der Waals surface area contributed by atoms with Crippen molar-refractivity contribution in [3.8, 4) is 0 Å². The van der Waals surface area contributed by atoms with E-state index in [2.05, 4.69) is 5.32 Å². The summed E-state index contributed by atoms with van der Waals surface area (Å²) in [5.41, 5.74) is 1.41. The topological polar surface area (TPSA) is 95.8 Å². The summed E-state index contributed by atoms with van der Waals surface area (Å²) in [5, 5.41) is 13.8. The molecule has 0 radical (unpaired) electrons. The molecule has 1 N–H and O–H groups in total. The van der Waals surface area contributed by atoms with Crippen LogP contribution < -0.4 is 10.2 Å². The maximum atomic E-state index is 12.6. The summed E-state index contributed by atoms with van der Waals surface area (Å²) in [7, 11) is 0. The van der Waals surface area contributed by atoms with Gasteiger partial charge in [0.05, 0.1) is 22.7 Å². The number of nitro benzene ring substituents is 1. The summed E-state index contributed by atoms with van der Waals surface area (Å²) in [6.45, 7) is 0.0671. The fourth-order valence-corrected chi connectivity index (χ4v) is 3.50. The second-order valence-corrected chi connectivity index (χ2v) is 7.52. The summed E-state index contributed by atoms with van der Waals surface area (Å²) >= 11 is 6.05. The summed E-state index contributed by atoms with van der Waals surface area (Å²) in [6.07, 6.45) is -4.96. The van der Waals surface area contributed by atoms with E-state index in [-0.39, 0.29) is 38.3 Å². The van der Waals surface area contributed by atoms with Crippen LogP contribution in [0.1, 0.15) is 5.56 Å². The van der Waals surface area contributed by atoms with Gasteiger partial charge in [-0.25, -0.2) is 0 Å². The maximum Gasteiger partial charge on any atom is 0.471 e. The van der Waals surface area contributed by atoms with Crippen molar-refractivity contribution in [2.45, 2.75) is 12.6 Å². The highest BCUT2D eigenvalue weighted by molar-refractivity contribution is 6.31. The number of nitro groups is 1. The molecular formula is C20H18ClF3N4O4. The Morgan fingerprint density at radius 2 is 1.69 bits per heavy atom. The molecule has 2 aromatic rings. The van der Waals surface area contributed by atoms with Gasteiger partial charge in [0.2, 0.25) is 5.91 Å². The molecule has 1 saturated heterocycles. The predicted molar refractivity (Wildman–Crippen MR) is 112 cm³/mol. The lowest BCUT2D eigenvalue weighted by Crippen LogP contribution is -2.52. The number of amides is 2. The maximum absolute atomic E-state index is 12.6. The van der Waals surface area contributed by atoms with Crippen LogP contribution in [0.25, 0.3) is 0 Å². The molecule has 2 amide bonds. The van der Waals surface area contributed by atoms with Crippen LogP contribution in [0.15, 0.2) is 42.5 Å². The highest BCUT2D eigenvalue weighted by atomic mass is 35.5. The predicted octanol–water partition coefficient (Wildman–Crippen LogP) is 3.64. The third-order valence-corrected chi connectivity index (χ3v) is 5.13. The monoisotopic (exact) mass is 470 g/mol. The second-order valence-electron chi connectivity index (χ2n) is 7.09. The molecular weight excluding hydrogens is 453 g/mol. The largest absolute Gasteiger partial charge is 0.471 e. The molecule has 1 aliphatic heterocycles. The quantitative estimate of drug-likeness (QED) is 0.531. The van der Waals surface area contributed by atoms with Gasteiger partial charge in [-0.15, -0.1) is 0 Å². The number of nitrogens with zero attached hydrogens (tertiary/aromatic N) is 3. The van der Waals surface area contributed by atoms with Crippen molar-refractivity contribution in [3.05, 3.63) is 63.2 Å². The first-order valence-corrected chi connectivity index (χ1v) is 9.86. The molecule has 0 atom stereocenters. The average Bonchev–Trinajstić information content (AvgIpc) is 2.73. The number of hydrogen-bond donors (Lipinski definition) is 1. The fourth-order valence-electron chi connectivity index (χ4n) is 3.33. The number of rotatable bonds is 5. The molecule has 0 saturated carbocycles. The molecule has 8 nitrogen and oxygen atoms in total. The highest BCUT2D eigenvalue weighted by Gasteiger charge is 2.43. The van der Waals surface area contributed by atoms with Crippen molar-refractivity contribution in [3.63, 3.8) is 0 Å². The molecule has 1 fully saturated rings. The van der Waals surface area contributed by atoms with Crippen molar-refractivity contribution in [2.75, 3.05) is 36.4 Å². The van der Waals surface area contributed by atoms with E-state index >= 15 is 0 Å². The number of benzene rings is 2. The number of anilines is 2. The van der Waals surface area contributed by atoms with Crippen molar-refractivity contribution < 1.29 is 27.7 Å². The van der Waals surface area contributed by atoms with Crippen molar-refractivity contribution >= 4 is 40.5 Å². The Morgan fingerprint density at radius 3 is 2.25 bits per heavy atom. The lowest BCUT2D eigenvalue weighted by atomic mass is 10.1. The van der Waals surface area contributed by atoms with Crippen LogP contribution in [-0.2, 0) is 16.0 Å². The van der Waals surface area contributed by atoms with Gasteiger partial charge in [-0.1, -0.05) is 23.7 Å². The van der Waals surface area contributed by atoms with Gasteiger partial charge in [0.1, 0.15) is 0 Å². The average molecular weight is 471 g/mol. The van der Waals surface area contributed by atoms with E-state index in [0.717, 1.165) is 4.90 Å². The van der Waals surface area contributed by atoms with E-state index in [1.807, 2.05) is 0 Å². The first-order chi connectivity index (χ1) is 15.0. The smallest absolute Gasteiger partial charge is 0.366 e. The summed E-state index contributed by atoms with van der Waals surface area (Å²) in [4.78, 5) is 36.6. The molecule has 1 aliphatic rings. The van der Waals surface area contributed by atoms with Gasteiger partial charge in [0, 0.05) is 43.3 Å². The number of alkyl halides is 3. The van der Waals surface area contributed by atoms with Crippen LogP contribution in [0.2, 0.25) is 5.02 Å². The van der Waals surface area contributed by atoms with Gasteiger partial charge in [-0.05, 0) is 23.8 Å². The zero-order chi connectivity index (χ0) is 23.5. The third-order valence-electron chi connectivity index (χ3n) is 4.89. The minimum absolute atomic E-state index is 0.0438. The Bertz CT molecular complexity index is 1020. The number of carbonyl (C=O) groups excluding carboxylic acids is 2. The normalized spacial score (nSPS) is 14.2. The Kier molecular flexibility index (Phi) is 6.87. The van der Waals surface area contributed by atoms with Gasteiger partial charge in [0.15, 0.2) is 0 Å². The Labute approximate surface area is 185 Å². The molecule has 0 aromatic heterocycles. The van der Waals surface area contributed by atoms with Gasteiger partial charge in [0.25, 0.3) is 5.69 Å². The molecule has 170 valence electrons. The van der Waals surface area contributed by atoms with Crippen molar-refractivity contribution in [1.29, 1.82) is 0 Å². The number of piperazine rings is 1. The van der Waals surface area contributed by atoms with E-state index in [1.165, 1.54) is 30.3 Å². The van der Waals surface area contributed by atoms with E-state index in [1.54, 1.807) is 17.0 Å². The molecule has 32 heavy (non-hydrogen) atoms. The summed E-state index contributed by atoms with van der Waals surface area (Å²) < 4.78 is 37.9. The molecule has 2 aromatic carbocycles. The van der Waals surface area contributed by atoms with Crippen LogP contribution in [0.3, 0.4) is 0 Å². The Morgan fingerprint density at radius 1 is 1.06 bits per heavy atom. The van der Waals surface area contributed by atoms with E-state index in [9.17, 15) is 32.9 Å². The standard InChI is InChI=1S/C20H18ClF3N4O4/c21-14-3-6-17(26-7-9-27(10-8-26)19(30)20(22,23)24)16(12-14)25-18(29)11-13-1-4-15(5-2-13)28(31)32/h1-6,12H,7-11H2,(H,25,29). The zero-order valence-electron chi connectivity index (χ0n) is 16.6. The number of carbonyl (C=O) groups is 2. The second kappa shape index (κ2) is 9.43. The van der Waals surface area contributed by atoms with E-state index in [0.29, 0.717) is 22.0 Å². The van der Waals surface area contributed by atoms with Crippen LogP contribution in [0, 0.1) is 10.1 Å². The van der Waals surface area contributed by atoms with Gasteiger partial charge < -0.3 is 15.1 Å². The summed E-state index contributed by atoms with van der Waals surface area (Å²) in [5.74, 6) is -2.27. The Balaban J connectivity index is 1.68. The number of non-ortho nitro benzene ring substituents is 1. The van der Waals surface area contributed by atoms with Gasteiger partial charge in [-0.3, -0.25) is 19.7 Å². The van der Waals surface area contributed by atoms with Crippen LogP contribution in [0.5, 0.6) is 0 Å². The summed E-state index contributed by atoms with van der Waals surface area (Å²) in [6, 6.07) is 10.3. The number of hydrogen-bond acceptors (Lipinski definition) is 5. The minimum atomic E-state index is -4.92. The van der Waals surface area contributed by atoms with E-state index in [4.69, 9.17) is 11.6 Å². The SMILES string of the molecule is O=C(Cc1ccc([N+](=O)[O-])cc1)Nc1cc(Cl)ccc1N1CCN(C(=O)C(F)(F)F)CC1. The van der Waals surface area contributed by atoms with E-state index < -0.39 is 22.9 Å².